The van der Waals surface area contributed by atoms with Crippen LogP contribution in [0.4, 0.5) is 23.7 Å². The van der Waals surface area contributed by atoms with Crippen molar-refractivity contribution in [2.45, 2.75) is 21.6 Å². The molecule has 0 saturated carbocycles. The minimum Gasteiger partial charge on any atom is -0.301 e. The van der Waals surface area contributed by atoms with Gasteiger partial charge in [-0.1, -0.05) is 30.3 Å². The van der Waals surface area contributed by atoms with Gasteiger partial charge in [0.05, 0.1) is 10.6 Å². The third-order valence-corrected chi connectivity index (χ3v) is 6.46. The summed E-state index contributed by atoms with van der Waals surface area (Å²) in [5.74, 6) is 0. The first kappa shape index (κ1) is 18.8. The van der Waals surface area contributed by atoms with Crippen LogP contribution in [-0.4, -0.2) is 32.0 Å². The largest absolute Gasteiger partial charge is 0.436 e. The maximum absolute atomic E-state index is 14.0. The summed E-state index contributed by atoms with van der Waals surface area (Å²) in [5.41, 5.74) is -2.87. The Morgan fingerprint density at radius 3 is 2.43 bits per heavy atom. The van der Waals surface area contributed by atoms with Gasteiger partial charge in [0, 0.05) is 16.7 Å². The van der Waals surface area contributed by atoms with Crippen LogP contribution in [0.2, 0.25) is 0 Å². The number of nitrogens with one attached hydrogen (secondary N) is 1. The monoisotopic (exact) mass is 427 g/mol. The number of sulfone groups is 1. The van der Waals surface area contributed by atoms with Crippen LogP contribution in [-0.2, 0) is 15.5 Å². The van der Waals surface area contributed by atoms with Crippen molar-refractivity contribution in [1.82, 2.24) is 5.32 Å². The highest BCUT2D eigenvalue weighted by Gasteiger charge is 2.61. The summed E-state index contributed by atoms with van der Waals surface area (Å²) in [6, 6.07) is 9.89. The molecule has 2 aromatic carbocycles. The van der Waals surface area contributed by atoms with Gasteiger partial charge in [0.15, 0.2) is 15.0 Å². The number of carbonyl (C=O) groups is 1. The van der Waals surface area contributed by atoms with E-state index in [4.69, 9.17) is 0 Å². The Balaban J connectivity index is 1.88. The lowest BCUT2D eigenvalue weighted by Gasteiger charge is -2.38. The molecule has 0 unspecified atom stereocenters. The number of alkyl halides is 3. The van der Waals surface area contributed by atoms with Crippen molar-refractivity contribution in [2.75, 3.05) is 11.2 Å². The number of hydrogen-bond donors (Lipinski definition) is 1. The van der Waals surface area contributed by atoms with Crippen LogP contribution >= 0.6 is 11.8 Å². The molecule has 2 aliphatic heterocycles. The number of halogens is 3. The quantitative estimate of drug-likeness (QED) is 0.796. The zero-order chi connectivity index (χ0) is 20.3. The van der Waals surface area contributed by atoms with Crippen LogP contribution in [0.1, 0.15) is 5.56 Å². The molecule has 11 heteroatoms. The first-order valence-electron chi connectivity index (χ1n) is 7.89. The zero-order valence-corrected chi connectivity index (χ0v) is 15.8. The van der Waals surface area contributed by atoms with Gasteiger partial charge in [0.25, 0.3) is 5.66 Å². The number of nitrogens with zero attached hydrogens (tertiary/aromatic N) is 2. The van der Waals surface area contributed by atoms with E-state index in [0.29, 0.717) is 4.90 Å². The second-order valence-electron chi connectivity index (χ2n) is 6.24. The van der Waals surface area contributed by atoms with Crippen molar-refractivity contribution in [3.8, 4) is 0 Å². The number of fused-ring (bicyclic) bond motifs is 3. The van der Waals surface area contributed by atoms with Gasteiger partial charge >= 0.3 is 12.2 Å². The number of hydrogen-bond acceptors (Lipinski definition) is 5. The molecule has 4 rings (SSSR count). The van der Waals surface area contributed by atoms with Crippen LogP contribution in [0.15, 0.2) is 63.3 Å². The van der Waals surface area contributed by atoms with Crippen molar-refractivity contribution in [3.63, 3.8) is 0 Å². The lowest BCUT2D eigenvalue weighted by Crippen LogP contribution is -2.62. The molecule has 0 saturated heterocycles. The summed E-state index contributed by atoms with van der Waals surface area (Å²) < 4.78 is 65.6. The fraction of sp³-hybridized carbons (Fsp3) is 0.176. The van der Waals surface area contributed by atoms with Crippen LogP contribution in [0.5, 0.6) is 0 Å². The van der Waals surface area contributed by atoms with Crippen molar-refractivity contribution < 1.29 is 26.4 Å². The molecular weight excluding hydrogens is 415 g/mol. The Morgan fingerprint density at radius 2 is 1.82 bits per heavy atom. The molecule has 28 heavy (non-hydrogen) atoms. The van der Waals surface area contributed by atoms with Gasteiger partial charge in [-0.15, -0.1) is 0 Å². The zero-order valence-electron chi connectivity index (χ0n) is 14.2. The number of amides is 2. The van der Waals surface area contributed by atoms with Gasteiger partial charge in [-0.2, -0.15) is 13.2 Å². The standard InChI is InChI=1S/C17H12F3N3O3S2/c1-28(25,26)11-7-8-12-13(9-11)27-15-22-16(17(18,19)20,21-14(24)23(12)15)10-5-3-2-4-6-10/h2-9H,1H3,(H,21,24)/t16-/m0/s1. The van der Waals surface area contributed by atoms with Gasteiger partial charge in [-0.25, -0.2) is 23.1 Å². The Hall–Kier alpha value is -2.53. The normalized spacial score (nSPS) is 21.6. The van der Waals surface area contributed by atoms with Crippen LogP contribution < -0.4 is 10.2 Å². The highest BCUT2D eigenvalue weighted by Crippen LogP contribution is 2.48. The lowest BCUT2D eigenvalue weighted by molar-refractivity contribution is -0.195. The highest BCUT2D eigenvalue weighted by molar-refractivity contribution is 8.15. The van der Waals surface area contributed by atoms with Crippen molar-refractivity contribution in [3.05, 3.63) is 54.1 Å². The van der Waals surface area contributed by atoms with E-state index in [1.807, 2.05) is 5.32 Å². The average Bonchev–Trinajstić information content (AvgIpc) is 2.98. The fourth-order valence-corrected chi connectivity index (χ4v) is 4.83. The molecule has 0 bridgehead atoms. The summed E-state index contributed by atoms with van der Waals surface area (Å²) in [6.07, 6.45) is -3.87. The molecule has 2 amide bonds. The van der Waals surface area contributed by atoms with Crippen molar-refractivity contribution >= 4 is 38.5 Å². The maximum atomic E-state index is 14.0. The van der Waals surface area contributed by atoms with Crippen LogP contribution in [0, 0.1) is 0 Å². The molecular formula is C17H12F3N3O3S2. The van der Waals surface area contributed by atoms with Crippen molar-refractivity contribution in [1.29, 1.82) is 0 Å². The number of anilines is 1. The molecule has 0 spiro atoms. The van der Waals surface area contributed by atoms with E-state index >= 15 is 0 Å². The van der Waals surface area contributed by atoms with E-state index in [-0.39, 0.29) is 21.3 Å². The lowest BCUT2D eigenvalue weighted by atomic mass is 9.98. The summed E-state index contributed by atoms with van der Waals surface area (Å²) in [6.45, 7) is 0. The number of amidine groups is 1. The number of benzene rings is 2. The van der Waals surface area contributed by atoms with Crippen LogP contribution in [0.3, 0.4) is 0 Å². The first-order chi connectivity index (χ1) is 13.0. The third kappa shape index (κ3) is 2.76. The van der Waals surface area contributed by atoms with Gasteiger partial charge in [-0.05, 0) is 30.0 Å². The molecule has 2 aliphatic rings. The summed E-state index contributed by atoms with van der Waals surface area (Å²) in [5, 5.41) is 1.81. The molecule has 0 radical (unpaired) electrons. The first-order valence-corrected chi connectivity index (χ1v) is 10.6. The van der Waals surface area contributed by atoms with E-state index < -0.39 is 27.7 Å². The molecule has 0 aliphatic carbocycles. The molecule has 2 heterocycles. The van der Waals surface area contributed by atoms with Gasteiger partial charge < -0.3 is 5.32 Å². The van der Waals surface area contributed by atoms with Gasteiger partial charge in [-0.3, -0.25) is 0 Å². The second-order valence-corrected chi connectivity index (χ2v) is 9.26. The van der Waals surface area contributed by atoms with E-state index in [1.165, 1.54) is 42.5 Å². The van der Waals surface area contributed by atoms with E-state index in [0.717, 1.165) is 22.9 Å². The van der Waals surface area contributed by atoms with Crippen molar-refractivity contribution in [2.24, 2.45) is 4.99 Å². The average molecular weight is 427 g/mol. The molecule has 0 fully saturated rings. The second kappa shape index (κ2) is 5.98. The molecule has 146 valence electrons. The molecule has 0 aromatic heterocycles. The predicted molar refractivity (Wildman–Crippen MR) is 98.0 cm³/mol. The molecule has 1 N–H and O–H groups in total. The summed E-state index contributed by atoms with van der Waals surface area (Å²) >= 11 is 0.818. The number of urea groups is 1. The maximum Gasteiger partial charge on any atom is 0.436 e. The third-order valence-electron chi connectivity index (χ3n) is 4.35. The van der Waals surface area contributed by atoms with Gasteiger partial charge in [0.1, 0.15) is 0 Å². The number of aliphatic imine (C=N–C) groups is 1. The van der Waals surface area contributed by atoms with Crippen LogP contribution in [0.25, 0.3) is 0 Å². The summed E-state index contributed by atoms with van der Waals surface area (Å²) in [4.78, 5) is 17.9. The number of thioether (sulfide) groups is 1. The minimum absolute atomic E-state index is 0.00440. The molecule has 6 nitrogen and oxygen atoms in total. The van der Waals surface area contributed by atoms with Gasteiger partial charge in [0.2, 0.25) is 0 Å². The Morgan fingerprint density at radius 1 is 1.14 bits per heavy atom. The van der Waals surface area contributed by atoms with E-state index in [2.05, 4.69) is 4.99 Å². The number of rotatable bonds is 2. The summed E-state index contributed by atoms with van der Waals surface area (Å²) in [7, 11) is -3.51. The predicted octanol–water partition coefficient (Wildman–Crippen LogP) is 3.50. The fourth-order valence-electron chi connectivity index (χ4n) is 3.00. The smallest absolute Gasteiger partial charge is 0.301 e. The molecule has 2 aromatic rings. The minimum atomic E-state index is -4.89. The number of carbonyl (C=O) groups excluding carboxylic acids is 1. The van der Waals surface area contributed by atoms with E-state index in [9.17, 15) is 26.4 Å². The SMILES string of the molecule is CS(=O)(=O)c1ccc2c(c1)SC1=N[C@@](c3ccccc3)(C(F)(F)F)NC(=O)N12. The highest BCUT2D eigenvalue weighted by atomic mass is 32.2. The Kier molecular flexibility index (Phi) is 4.02. The topological polar surface area (TPSA) is 78.8 Å². The van der Waals surface area contributed by atoms with E-state index in [1.54, 1.807) is 6.07 Å². The molecule has 1 atom stereocenters. The Labute approximate surface area is 162 Å². The Bertz CT molecular complexity index is 1120.